The molecule has 2 aromatic carbocycles. The van der Waals surface area contributed by atoms with Gasteiger partial charge in [-0.2, -0.15) is 0 Å². The molecule has 3 aromatic rings. The van der Waals surface area contributed by atoms with Crippen molar-refractivity contribution < 1.29 is 14.0 Å². The second kappa shape index (κ2) is 6.97. The zero-order valence-electron chi connectivity index (χ0n) is 12.3. The van der Waals surface area contributed by atoms with Gasteiger partial charge in [0.05, 0.1) is 16.8 Å². The van der Waals surface area contributed by atoms with Gasteiger partial charge in [0.1, 0.15) is 0 Å². The number of hydrogen-bond acceptors (Lipinski definition) is 4. The van der Waals surface area contributed by atoms with Gasteiger partial charge in [0.25, 0.3) is 11.8 Å². The Morgan fingerprint density at radius 1 is 0.958 bits per heavy atom. The van der Waals surface area contributed by atoms with Crippen molar-refractivity contribution in [1.29, 1.82) is 0 Å². The molecule has 0 saturated carbocycles. The normalized spacial score (nSPS) is 10.2. The van der Waals surface area contributed by atoms with E-state index in [9.17, 15) is 9.59 Å². The van der Waals surface area contributed by atoms with E-state index < -0.39 is 5.91 Å². The zero-order valence-corrected chi connectivity index (χ0v) is 13.1. The summed E-state index contributed by atoms with van der Waals surface area (Å²) in [6.07, 6.45) is 2.49. The molecule has 1 heterocycles. The van der Waals surface area contributed by atoms with Gasteiger partial charge in [-0.05, 0) is 30.3 Å². The van der Waals surface area contributed by atoms with Crippen molar-refractivity contribution >= 4 is 34.8 Å². The van der Waals surface area contributed by atoms with Gasteiger partial charge in [-0.1, -0.05) is 29.8 Å². The quantitative estimate of drug-likeness (QED) is 0.755. The van der Waals surface area contributed by atoms with Crippen LogP contribution in [0, 0.1) is 0 Å². The van der Waals surface area contributed by atoms with Crippen LogP contribution in [0.3, 0.4) is 0 Å². The number of halogens is 1. The number of oxazole rings is 1. The molecule has 1 aromatic heterocycles. The van der Waals surface area contributed by atoms with Crippen molar-refractivity contribution in [2.45, 2.75) is 0 Å². The molecule has 0 bridgehead atoms. The number of amides is 2. The van der Waals surface area contributed by atoms with Crippen molar-refractivity contribution in [3.63, 3.8) is 0 Å². The predicted octanol–water partition coefficient (Wildman–Crippen LogP) is 3.83. The first kappa shape index (κ1) is 15.8. The number of nitrogens with zero attached hydrogens (tertiary/aromatic N) is 1. The predicted molar refractivity (Wildman–Crippen MR) is 90.3 cm³/mol. The van der Waals surface area contributed by atoms with Gasteiger partial charge in [-0.25, -0.2) is 4.98 Å². The van der Waals surface area contributed by atoms with Crippen LogP contribution in [0.25, 0.3) is 0 Å². The number of benzene rings is 2. The highest BCUT2D eigenvalue weighted by molar-refractivity contribution is 6.34. The first-order chi connectivity index (χ1) is 11.6. The largest absolute Gasteiger partial charge is 0.438 e. The van der Waals surface area contributed by atoms with Gasteiger partial charge in [0, 0.05) is 11.4 Å². The molecule has 3 rings (SSSR count). The first-order valence-corrected chi connectivity index (χ1v) is 7.37. The summed E-state index contributed by atoms with van der Waals surface area (Å²) in [6.45, 7) is 0. The fraction of sp³-hybridized carbons (Fsp3) is 0. The maximum absolute atomic E-state index is 12.2. The first-order valence-electron chi connectivity index (χ1n) is 6.99. The van der Waals surface area contributed by atoms with E-state index in [1.807, 2.05) is 0 Å². The summed E-state index contributed by atoms with van der Waals surface area (Å²) in [7, 11) is 0. The fourth-order valence-corrected chi connectivity index (χ4v) is 2.26. The highest BCUT2D eigenvalue weighted by Crippen LogP contribution is 2.20. The zero-order chi connectivity index (χ0) is 16.9. The van der Waals surface area contributed by atoms with E-state index in [-0.39, 0.29) is 11.7 Å². The number of hydrogen-bond donors (Lipinski definition) is 2. The maximum Gasteiger partial charge on any atom is 0.293 e. The van der Waals surface area contributed by atoms with Crippen LogP contribution in [0.5, 0.6) is 0 Å². The van der Waals surface area contributed by atoms with Crippen LogP contribution in [-0.4, -0.2) is 16.8 Å². The third-order valence-electron chi connectivity index (χ3n) is 3.15. The number of aromatic nitrogens is 1. The average Bonchev–Trinajstić information content (AvgIpc) is 3.10. The number of carbonyl (C=O) groups excluding carboxylic acids is 2. The van der Waals surface area contributed by atoms with Crippen molar-refractivity contribution in [2.75, 3.05) is 10.6 Å². The lowest BCUT2D eigenvalue weighted by Gasteiger charge is -2.09. The Balaban J connectivity index is 1.72. The minimum atomic E-state index is -0.429. The second-order valence-corrected chi connectivity index (χ2v) is 5.24. The highest BCUT2D eigenvalue weighted by Gasteiger charge is 2.12. The van der Waals surface area contributed by atoms with Gasteiger partial charge in [0.2, 0.25) is 5.76 Å². The molecule has 0 spiro atoms. The second-order valence-electron chi connectivity index (χ2n) is 4.83. The number of rotatable bonds is 4. The number of anilines is 2. The van der Waals surface area contributed by atoms with Crippen LogP contribution in [0.1, 0.15) is 20.9 Å². The molecule has 2 N–H and O–H groups in total. The van der Waals surface area contributed by atoms with Crippen molar-refractivity contribution in [1.82, 2.24) is 4.98 Å². The molecule has 0 atom stereocenters. The van der Waals surface area contributed by atoms with Crippen LogP contribution in [-0.2, 0) is 0 Å². The summed E-state index contributed by atoms with van der Waals surface area (Å²) in [5.41, 5.74) is 1.40. The molecule has 0 aliphatic carbocycles. The molecule has 0 radical (unpaired) electrons. The minimum absolute atomic E-state index is 0.0977. The lowest BCUT2D eigenvalue weighted by molar-refractivity contribution is 0.0995. The van der Waals surface area contributed by atoms with Crippen LogP contribution < -0.4 is 10.6 Å². The summed E-state index contributed by atoms with van der Waals surface area (Å²) >= 11 is 6.01. The van der Waals surface area contributed by atoms with Gasteiger partial charge in [-0.15, -0.1) is 0 Å². The summed E-state index contributed by atoms with van der Waals surface area (Å²) in [5.74, 6) is -0.665. The third kappa shape index (κ3) is 3.61. The molecule has 0 aliphatic heterocycles. The van der Waals surface area contributed by atoms with Gasteiger partial charge >= 0.3 is 0 Å². The Morgan fingerprint density at radius 3 is 2.33 bits per heavy atom. The van der Waals surface area contributed by atoms with E-state index in [2.05, 4.69) is 15.6 Å². The van der Waals surface area contributed by atoms with E-state index in [1.54, 1.807) is 48.5 Å². The Bertz CT molecular complexity index is 878. The van der Waals surface area contributed by atoms with Crippen LogP contribution in [0.4, 0.5) is 11.4 Å². The molecule has 7 heteroatoms. The molecule has 0 saturated heterocycles. The molecular weight excluding hydrogens is 330 g/mol. The lowest BCUT2D eigenvalue weighted by atomic mass is 10.2. The van der Waals surface area contributed by atoms with E-state index >= 15 is 0 Å². The van der Waals surface area contributed by atoms with E-state index in [4.69, 9.17) is 16.0 Å². The molecule has 2 amide bonds. The van der Waals surface area contributed by atoms with Crippen molar-refractivity contribution in [3.05, 3.63) is 77.5 Å². The van der Waals surface area contributed by atoms with Crippen molar-refractivity contribution in [3.8, 4) is 0 Å². The molecule has 0 fully saturated rings. The van der Waals surface area contributed by atoms with E-state index in [0.29, 0.717) is 22.0 Å². The smallest absolute Gasteiger partial charge is 0.293 e. The standard InChI is InChI=1S/C17H12ClN3O3/c18-14-7-2-1-6-13(14)16(22)20-11-4-3-5-12(8-11)21-17(23)15-9-19-10-24-15/h1-10H,(H,20,22)(H,21,23). The average molecular weight is 342 g/mol. The van der Waals surface area contributed by atoms with Crippen LogP contribution >= 0.6 is 11.6 Å². The van der Waals surface area contributed by atoms with Gasteiger partial charge in [0.15, 0.2) is 6.39 Å². The van der Waals surface area contributed by atoms with Crippen LogP contribution in [0.15, 0.2) is 65.5 Å². The third-order valence-corrected chi connectivity index (χ3v) is 3.48. The Labute approximate surface area is 142 Å². The molecule has 120 valence electrons. The van der Waals surface area contributed by atoms with Crippen molar-refractivity contribution in [2.24, 2.45) is 0 Å². The Kier molecular flexibility index (Phi) is 4.58. The lowest BCUT2D eigenvalue weighted by Crippen LogP contribution is -2.14. The number of carbonyl (C=O) groups is 2. The molecule has 0 unspecified atom stereocenters. The SMILES string of the molecule is O=C(Nc1cccc(NC(=O)c2ccccc2Cl)c1)c1cnco1. The fourth-order valence-electron chi connectivity index (χ4n) is 2.04. The highest BCUT2D eigenvalue weighted by atomic mass is 35.5. The summed E-state index contributed by atoms with van der Waals surface area (Å²) in [6, 6.07) is 13.5. The van der Waals surface area contributed by atoms with E-state index in [0.717, 1.165) is 0 Å². The van der Waals surface area contributed by atoms with Gasteiger partial charge < -0.3 is 15.1 Å². The maximum atomic E-state index is 12.2. The Morgan fingerprint density at radius 2 is 1.67 bits per heavy atom. The molecule has 0 aliphatic rings. The summed E-state index contributed by atoms with van der Waals surface area (Å²) in [4.78, 5) is 27.9. The van der Waals surface area contributed by atoms with Crippen LogP contribution in [0.2, 0.25) is 5.02 Å². The molecular formula is C17H12ClN3O3. The summed E-state index contributed by atoms with van der Waals surface area (Å²) in [5, 5.41) is 5.76. The number of nitrogens with one attached hydrogen (secondary N) is 2. The monoisotopic (exact) mass is 341 g/mol. The van der Waals surface area contributed by atoms with Gasteiger partial charge in [-0.3, -0.25) is 9.59 Å². The minimum Gasteiger partial charge on any atom is -0.438 e. The summed E-state index contributed by atoms with van der Waals surface area (Å²) < 4.78 is 4.93. The molecule has 24 heavy (non-hydrogen) atoms. The molecule has 6 nitrogen and oxygen atoms in total. The topological polar surface area (TPSA) is 84.2 Å². The Hall–Kier alpha value is -3.12. The van der Waals surface area contributed by atoms with E-state index in [1.165, 1.54) is 12.6 Å².